The van der Waals surface area contributed by atoms with Gasteiger partial charge in [0.1, 0.15) is 0 Å². The van der Waals surface area contributed by atoms with Crippen LogP contribution in [-0.2, 0) is 83.1 Å². The van der Waals surface area contributed by atoms with Crippen molar-refractivity contribution in [1.82, 2.24) is 0 Å². The first-order chi connectivity index (χ1) is 0. The van der Waals surface area contributed by atoms with Crippen LogP contribution in [0.2, 0.25) is 0 Å². The number of hydrogen-bond acceptors (Lipinski definition) is 0. The maximum Gasteiger partial charge on any atom is 5.00 e. The second-order valence-corrected chi connectivity index (χ2v) is 0. The van der Waals surface area contributed by atoms with Gasteiger partial charge in [-0.25, -0.2) is 0 Å². The predicted molar refractivity (Wildman–Crippen MR) is 16.3 cm³/mol. The molecular weight excluding hydrogens is 346 g/mol. The Hall–Kier alpha value is 2.73. The Labute approximate surface area is 128 Å². The number of hydrogen-bond donors (Lipinski definition) is 0. The van der Waals surface area contributed by atoms with Crippen LogP contribution in [0, 0.1) is 0 Å². The topological polar surface area (TPSA) is 200 Å². The van der Waals surface area contributed by atoms with Crippen LogP contribution in [0.1, 0.15) is 0 Å². The van der Waals surface area contributed by atoms with Crippen LogP contribution in [-0.4, -0.2) is 46.1 Å². The predicted octanol–water partition coefficient (Wildman–Crippen LogP) is -1.60. The minimum Gasteiger partial charge on any atom is -2.00 e. The molecule has 0 saturated carbocycles. The van der Waals surface area contributed by atoms with Crippen molar-refractivity contribution in [2.45, 2.75) is 0 Å². The minimum atomic E-state index is 0. The van der Waals surface area contributed by atoms with Crippen LogP contribution < -0.4 is 0 Å². The van der Waals surface area contributed by atoms with Gasteiger partial charge in [0.25, 0.3) is 0 Å². The van der Waals surface area contributed by atoms with E-state index in [1.54, 1.807) is 0 Å². The SMILES string of the molecule is [Mg+2].[Mg+2].[Nb+5].[Nb+5].[O-2].[O-2].[O-2].[O-2].[O-2].[O-2].[O-2]. The van der Waals surface area contributed by atoms with E-state index in [1.165, 1.54) is 0 Å². The van der Waals surface area contributed by atoms with E-state index in [0.717, 1.165) is 0 Å². The summed E-state index contributed by atoms with van der Waals surface area (Å²) in [7, 11) is 0. The fraction of sp³-hybridized carbons (Fsp3) is 0. The van der Waals surface area contributed by atoms with E-state index >= 15 is 0 Å². The van der Waals surface area contributed by atoms with Crippen LogP contribution in [0.15, 0.2) is 0 Å². The Morgan fingerprint density at radius 3 is 0.273 bits per heavy atom. The second kappa shape index (κ2) is 235. The van der Waals surface area contributed by atoms with E-state index in [-0.39, 0.29) is 129 Å². The fourth-order valence-electron chi connectivity index (χ4n) is 0. The van der Waals surface area contributed by atoms with E-state index in [2.05, 4.69) is 0 Å². The zero-order valence-corrected chi connectivity index (χ0v) is 12.4. The van der Waals surface area contributed by atoms with Gasteiger partial charge in [-0.05, 0) is 0 Å². The zero-order chi connectivity index (χ0) is 0. The molecule has 0 radical (unpaired) electrons. The van der Waals surface area contributed by atoms with Gasteiger partial charge >= 0.3 is 90.9 Å². The van der Waals surface area contributed by atoms with Crippen LogP contribution in [0.3, 0.4) is 0 Å². The molecule has 0 rings (SSSR count). The van der Waals surface area contributed by atoms with Gasteiger partial charge in [-0.3, -0.25) is 0 Å². The van der Waals surface area contributed by atoms with Crippen molar-refractivity contribution in [2.24, 2.45) is 0 Å². The summed E-state index contributed by atoms with van der Waals surface area (Å²) < 4.78 is 0. The van der Waals surface area contributed by atoms with E-state index in [0.29, 0.717) is 0 Å². The van der Waals surface area contributed by atoms with Crippen LogP contribution in [0.25, 0.3) is 0 Å². The van der Waals surface area contributed by atoms with Gasteiger partial charge in [0.2, 0.25) is 0 Å². The van der Waals surface area contributed by atoms with Crippen molar-refractivity contribution in [1.29, 1.82) is 0 Å². The van der Waals surface area contributed by atoms with Gasteiger partial charge in [0.05, 0.1) is 0 Å². The van der Waals surface area contributed by atoms with Gasteiger partial charge in [0, 0.05) is 0 Å². The standard InChI is InChI=1S/2Mg.2Nb.7O/q2*+2;2*+5;7*-2. The summed E-state index contributed by atoms with van der Waals surface area (Å²) in [4.78, 5) is 0. The quantitative estimate of drug-likeness (QED) is 0.455. The first-order valence-corrected chi connectivity index (χ1v) is 0. The maximum absolute atomic E-state index is 0. The molecule has 0 N–H and O–H groups in total. The summed E-state index contributed by atoms with van der Waals surface area (Å²) in [5.74, 6) is 0. The molecule has 0 aliphatic heterocycles. The first kappa shape index (κ1) is 298. The van der Waals surface area contributed by atoms with Gasteiger partial charge in [-0.1, -0.05) is 0 Å². The van der Waals surface area contributed by atoms with Crippen LogP contribution in [0.5, 0.6) is 0 Å². The van der Waals surface area contributed by atoms with Crippen LogP contribution in [0.4, 0.5) is 0 Å². The molecule has 11 heavy (non-hydrogen) atoms. The molecular formula is Mg2Nb2O7. The van der Waals surface area contributed by atoms with Gasteiger partial charge in [-0.2, -0.15) is 0 Å². The Kier molecular flexibility index (Phi) is 6360. The molecule has 0 heterocycles. The average molecular weight is 346 g/mol. The molecule has 0 aliphatic carbocycles. The first-order valence-electron chi connectivity index (χ1n) is 0. The molecule has 0 atom stereocenters. The third-order valence-electron chi connectivity index (χ3n) is 0. The monoisotopic (exact) mass is 346 g/mol. The molecule has 0 aliphatic rings. The molecule has 0 aromatic rings. The average Bonchev–Trinajstić information content (AvgIpc) is 0. The summed E-state index contributed by atoms with van der Waals surface area (Å²) in [6, 6.07) is 0. The maximum atomic E-state index is 0. The summed E-state index contributed by atoms with van der Waals surface area (Å²) in [6.45, 7) is 0. The summed E-state index contributed by atoms with van der Waals surface area (Å²) in [6.07, 6.45) is 0. The molecule has 0 spiro atoms. The van der Waals surface area contributed by atoms with Crippen molar-refractivity contribution in [2.75, 3.05) is 0 Å². The molecule has 0 saturated heterocycles. The molecule has 0 aromatic carbocycles. The molecule has 56 valence electrons. The molecule has 0 amide bonds. The largest absolute Gasteiger partial charge is 5.00 e. The fourth-order valence-corrected chi connectivity index (χ4v) is 0. The molecule has 11 heteroatoms. The third kappa shape index (κ3) is 196. The van der Waals surface area contributed by atoms with Crippen molar-refractivity contribution in [3.8, 4) is 0 Å². The second-order valence-electron chi connectivity index (χ2n) is 0. The zero-order valence-electron chi connectivity index (χ0n) is 5.17. The van der Waals surface area contributed by atoms with Crippen LogP contribution >= 0.6 is 0 Å². The molecule has 0 fully saturated rings. The normalized spacial score (nSPS) is 0. The Morgan fingerprint density at radius 2 is 0.273 bits per heavy atom. The Bertz CT molecular complexity index is 14.4. The van der Waals surface area contributed by atoms with Crippen molar-refractivity contribution < 1.29 is 83.1 Å². The third-order valence-corrected chi connectivity index (χ3v) is 0. The Balaban J connectivity index is 0. The number of rotatable bonds is 0. The van der Waals surface area contributed by atoms with Crippen molar-refractivity contribution in [3.63, 3.8) is 0 Å². The summed E-state index contributed by atoms with van der Waals surface area (Å²) in [5, 5.41) is 0. The smallest absolute Gasteiger partial charge is 2.00 e. The molecule has 0 bridgehead atoms. The van der Waals surface area contributed by atoms with Gasteiger partial charge in [-0.15, -0.1) is 0 Å². The van der Waals surface area contributed by atoms with E-state index in [4.69, 9.17) is 0 Å². The van der Waals surface area contributed by atoms with Crippen molar-refractivity contribution in [3.05, 3.63) is 0 Å². The van der Waals surface area contributed by atoms with E-state index in [9.17, 15) is 0 Å². The van der Waals surface area contributed by atoms with E-state index < -0.39 is 0 Å². The molecule has 0 unspecified atom stereocenters. The Morgan fingerprint density at radius 1 is 0.273 bits per heavy atom. The summed E-state index contributed by atoms with van der Waals surface area (Å²) in [5.41, 5.74) is 0. The minimum absolute atomic E-state index is 0. The summed E-state index contributed by atoms with van der Waals surface area (Å²) >= 11 is 0. The molecule has 7 nitrogen and oxygen atoms in total. The molecule has 0 aromatic heterocycles. The van der Waals surface area contributed by atoms with Crippen molar-refractivity contribution >= 4 is 46.1 Å². The van der Waals surface area contributed by atoms with E-state index in [1.807, 2.05) is 0 Å². The van der Waals surface area contributed by atoms with Gasteiger partial charge in [0.15, 0.2) is 0 Å². The van der Waals surface area contributed by atoms with Gasteiger partial charge < -0.3 is 38.3 Å².